The van der Waals surface area contributed by atoms with Crippen molar-refractivity contribution in [3.8, 4) is 0 Å². The van der Waals surface area contributed by atoms with Crippen molar-refractivity contribution in [3.63, 3.8) is 0 Å². The molecule has 1 unspecified atom stereocenters. The number of aryl methyl sites for hydroxylation is 1. The molecule has 0 saturated carbocycles. The van der Waals surface area contributed by atoms with E-state index in [1.165, 1.54) is 11.1 Å². The summed E-state index contributed by atoms with van der Waals surface area (Å²) in [5.74, 6) is -3.02. The molecule has 3 atom stereocenters. The molecule has 0 bridgehead atoms. The van der Waals surface area contributed by atoms with Gasteiger partial charge in [0, 0.05) is 30.6 Å². The number of carbonyl (C=O) groups is 4. The quantitative estimate of drug-likeness (QED) is 0.353. The molecule has 9 nitrogen and oxygen atoms in total. The summed E-state index contributed by atoms with van der Waals surface area (Å²) in [5.41, 5.74) is 2.53. The number of nitrogens with zero attached hydrogens (tertiary/aromatic N) is 3. The third-order valence-corrected chi connectivity index (χ3v) is 7.14. The van der Waals surface area contributed by atoms with Gasteiger partial charge in [0.15, 0.2) is 5.78 Å². The van der Waals surface area contributed by atoms with E-state index in [2.05, 4.69) is 21.1 Å². The third-order valence-electron chi connectivity index (χ3n) is 6.58. The minimum atomic E-state index is -1.28. The highest BCUT2D eigenvalue weighted by Gasteiger charge is 2.38. The van der Waals surface area contributed by atoms with Crippen molar-refractivity contribution in [1.29, 1.82) is 0 Å². The van der Waals surface area contributed by atoms with Crippen molar-refractivity contribution in [2.45, 2.75) is 58.6 Å². The number of Topliss-reactive ketones (excluding diaryl/α,β-unsaturated/α-hetero) is 1. The second kappa shape index (κ2) is 13.5. The van der Waals surface area contributed by atoms with Crippen LogP contribution in [0.3, 0.4) is 0 Å². The normalized spacial score (nSPS) is 15.9. The maximum Gasteiger partial charge on any atom is 0.305 e. The van der Waals surface area contributed by atoms with Gasteiger partial charge in [-0.3, -0.25) is 24.1 Å². The van der Waals surface area contributed by atoms with Gasteiger partial charge in [0.25, 0.3) is 5.91 Å². The standard InChI is InChI=1S/C29H34BrN3O6/c1-5-32(21-9-7-6-8-10-21)29(38)27(18(2)3)20-13-19(4)14-22(15-20)33(28(37)25-11-12-31-39-25)23(16-26(35)36)24(34)17-30/h6-10,12-15,18,23,25,27H,5,11,16-17H2,1-4H3,(H,35,36)/t23-,25?,27-/m0/s1. The number of carboxylic acids is 1. The van der Waals surface area contributed by atoms with Gasteiger partial charge < -0.3 is 14.8 Å². The van der Waals surface area contributed by atoms with Crippen LogP contribution in [0, 0.1) is 12.8 Å². The predicted molar refractivity (Wildman–Crippen MR) is 154 cm³/mol. The molecule has 2 amide bonds. The van der Waals surface area contributed by atoms with Crippen LogP contribution in [0.2, 0.25) is 0 Å². The molecule has 0 saturated heterocycles. The van der Waals surface area contributed by atoms with E-state index in [1.54, 1.807) is 17.0 Å². The summed E-state index contributed by atoms with van der Waals surface area (Å²) < 4.78 is 0. The van der Waals surface area contributed by atoms with E-state index in [9.17, 15) is 24.3 Å². The molecule has 0 aliphatic carbocycles. The predicted octanol–water partition coefficient (Wildman–Crippen LogP) is 4.70. The first-order chi connectivity index (χ1) is 18.6. The second-order valence-corrected chi connectivity index (χ2v) is 10.3. The van der Waals surface area contributed by atoms with Crippen molar-refractivity contribution in [3.05, 3.63) is 59.7 Å². The number of benzene rings is 2. The first kappa shape index (κ1) is 30.0. The summed E-state index contributed by atoms with van der Waals surface area (Å²) in [4.78, 5) is 60.5. The second-order valence-electron chi connectivity index (χ2n) is 9.78. The van der Waals surface area contributed by atoms with E-state index >= 15 is 0 Å². The average molecular weight is 601 g/mol. The fourth-order valence-corrected chi connectivity index (χ4v) is 5.20. The van der Waals surface area contributed by atoms with Gasteiger partial charge in [-0.05, 0) is 55.2 Å². The lowest BCUT2D eigenvalue weighted by Crippen LogP contribution is -2.51. The van der Waals surface area contributed by atoms with Crippen molar-refractivity contribution < 1.29 is 29.1 Å². The average Bonchev–Trinajstić information content (AvgIpc) is 3.43. The lowest BCUT2D eigenvalue weighted by Gasteiger charge is -2.33. The minimum absolute atomic E-state index is 0.0976. The third kappa shape index (κ3) is 7.11. The number of aliphatic carboxylic acids is 1. The van der Waals surface area contributed by atoms with Crippen LogP contribution in [0.15, 0.2) is 53.7 Å². The summed E-state index contributed by atoms with van der Waals surface area (Å²) in [7, 11) is 0. The summed E-state index contributed by atoms with van der Waals surface area (Å²) >= 11 is 3.13. The number of ketones is 1. The highest BCUT2D eigenvalue weighted by atomic mass is 79.9. The smallest absolute Gasteiger partial charge is 0.305 e. The fraction of sp³-hybridized carbons (Fsp3) is 0.414. The van der Waals surface area contributed by atoms with Gasteiger partial charge >= 0.3 is 5.97 Å². The Bertz CT molecular complexity index is 1220. The lowest BCUT2D eigenvalue weighted by molar-refractivity contribution is -0.139. The molecule has 1 N–H and O–H groups in total. The van der Waals surface area contributed by atoms with E-state index < -0.39 is 42.1 Å². The van der Waals surface area contributed by atoms with Gasteiger partial charge in [-0.2, -0.15) is 0 Å². The molecule has 2 aromatic rings. The first-order valence-electron chi connectivity index (χ1n) is 12.9. The molecule has 0 radical (unpaired) electrons. The molecule has 1 heterocycles. The molecular formula is C29H34BrN3O6. The molecule has 208 valence electrons. The summed E-state index contributed by atoms with van der Waals surface area (Å²) in [6.45, 7) is 8.13. The van der Waals surface area contributed by atoms with Crippen LogP contribution in [0.25, 0.3) is 0 Å². The molecule has 1 aliphatic rings. The van der Waals surface area contributed by atoms with Crippen molar-refractivity contribution in [2.75, 3.05) is 21.7 Å². The number of halogens is 1. The molecule has 2 aromatic carbocycles. The number of hydrogen-bond donors (Lipinski definition) is 1. The zero-order chi connectivity index (χ0) is 28.7. The number of amides is 2. The first-order valence-corrected chi connectivity index (χ1v) is 14.0. The Hall–Kier alpha value is -3.53. The Morgan fingerprint density at radius 2 is 1.79 bits per heavy atom. The summed E-state index contributed by atoms with van der Waals surface area (Å²) in [5, 5.41) is 13.1. The topological polar surface area (TPSA) is 117 Å². The molecule has 0 spiro atoms. The Balaban J connectivity index is 2.13. The van der Waals surface area contributed by atoms with Crippen LogP contribution in [-0.4, -0.2) is 58.9 Å². The van der Waals surface area contributed by atoms with Crippen LogP contribution < -0.4 is 9.80 Å². The Kier molecular flexibility index (Phi) is 10.4. The van der Waals surface area contributed by atoms with Crippen molar-refractivity contribution in [2.24, 2.45) is 11.1 Å². The maximum absolute atomic E-state index is 14.0. The van der Waals surface area contributed by atoms with E-state index in [4.69, 9.17) is 4.84 Å². The van der Waals surface area contributed by atoms with Crippen LogP contribution in [-0.2, 0) is 24.0 Å². The molecule has 0 fully saturated rings. The van der Waals surface area contributed by atoms with Gasteiger partial charge in [-0.15, -0.1) is 0 Å². The number of likely N-dealkylation sites (N-methyl/N-ethyl adjacent to an activating group) is 1. The molecule has 1 aliphatic heterocycles. The number of hydrogen-bond acceptors (Lipinski definition) is 6. The molecule has 3 rings (SSSR count). The Morgan fingerprint density at radius 1 is 1.10 bits per heavy atom. The van der Waals surface area contributed by atoms with Crippen molar-refractivity contribution >= 4 is 57.1 Å². The van der Waals surface area contributed by atoms with Gasteiger partial charge in [-0.25, -0.2) is 0 Å². The Labute approximate surface area is 236 Å². The molecule has 39 heavy (non-hydrogen) atoms. The number of rotatable bonds is 12. The largest absolute Gasteiger partial charge is 0.481 e. The SMILES string of the molecule is CCN(C(=O)[C@H](c1cc(C)cc(N(C(=O)C2CC=NO2)[C@@H](CC(=O)O)C(=O)CBr)c1)C(C)C)c1ccccc1. The van der Waals surface area contributed by atoms with E-state index in [0.29, 0.717) is 17.8 Å². The van der Waals surface area contributed by atoms with Crippen LogP contribution >= 0.6 is 15.9 Å². The highest BCUT2D eigenvalue weighted by molar-refractivity contribution is 9.09. The number of carboxylic acid groups (broad SMARTS) is 1. The fourth-order valence-electron chi connectivity index (χ4n) is 4.83. The minimum Gasteiger partial charge on any atom is -0.481 e. The number of alkyl halides is 1. The number of oxime groups is 1. The van der Waals surface area contributed by atoms with Crippen LogP contribution in [0.1, 0.15) is 50.7 Å². The summed E-state index contributed by atoms with van der Waals surface area (Å²) in [6.07, 6.45) is 0.0880. The number of carbonyl (C=O) groups excluding carboxylic acids is 3. The van der Waals surface area contributed by atoms with Crippen molar-refractivity contribution in [1.82, 2.24) is 0 Å². The van der Waals surface area contributed by atoms with Gasteiger partial charge in [-0.1, -0.05) is 59.2 Å². The maximum atomic E-state index is 14.0. The summed E-state index contributed by atoms with van der Waals surface area (Å²) in [6, 6.07) is 13.4. The zero-order valence-corrected chi connectivity index (χ0v) is 24.1. The van der Waals surface area contributed by atoms with Crippen LogP contribution in [0.4, 0.5) is 11.4 Å². The van der Waals surface area contributed by atoms with Gasteiger partial charge in [0.2, 0.25) is 12.0 Å². The van der Waals surface area contributed by atoms with Gasteiger partial charge in [0.1, 0.15) is 6.04 Å². The lowest BCUT2D eigenvalue weighted by atomic mass is 9.85. The number of anilines is 2. The monoisotopic (exact) mass is 599 g/mol. The Morgan fingerprint density at radius 3 is 2.33 bits per heavy atom. The van der Waals surface area contributed by atoms with E-state index in [1.807, 2.05) is 64.1 Å². The van der Waals surface area contributed by atoms with E-state index in [0.717, 1.165) is 11.3 Å². The van der Waals surface area contributed by atoms with Crippen LogP contribution in [0.5, 0.6) is 0 Å². The molecular weight excluding hydrogens is 566 g/mol. The number of para-hydroxylation sites is 1. The molecule has 10 heteroatoms. The molecule has 0 aromatic heterocycles. The van der Waals surface area contributed by atoms with Gasteiger partial charge in [0.05, 0.1) is 17.7 Å². The highest BCUT2D eigenvalue weighted by Crippen LogP contribution is 2.34. The van der Waals surface area contributed by atoms with E-state index in [-0.39, 0.29) is 23.6 Å². The zero-order valence-electron chi connectivity index (χ0n) is 22.5.